The van der Waals surface area contributed by atoms with Gasteiger partial charge in [-0.2, -0.15) is 0 Å². The van der Waals surface area contributed by atoms with Crippen molar-refractivity contribution in [2.75, 3.05) is 27.2 Å². The van der Waals surface area contributed by atoms with Gasteiger partial charge in [0.05, 0.1) is 39.6 Å². The summed E-state index contributed by atoms with van der Waals surface area (Å²) >= 11 is 0. The van der Waals surface area contributed by atoms with Crippen molar-refractivity contribution in [2.45, 2.75) is 40.5 Å². The van der Waals surface area contributed by atoms with E-state index in [4.69, 9.17) is 14.4 Å². The first kappa shape index (κ1) is 25.1. The summed E-state index contributed by atoms with van der Waals surface area (Å²) in [6, 6.07) is 0. The molecule has 0 aliphatic carbocycles. The van der Waals surface area contributed by atoms with E-state index in [1.807, 2.05) is 25.1 Å². The quantitative estimate of drug-likeness (QED) is 0.568. The number of rotatable bonds is 3. The lowest BCUT2D eigenvalue weighted by molar-refractivity contribution is -0.754. The molecule has 0 saturated heterocycles. The lowest BCUT2D eigenvalue weighted by atomic mass is 10.4. The molecule has 0 aromatic carbocycles. The molecule has 0 amide bonds. The Labute approximate surface area is 147 Å². The molecule has 2 aliphatic rings. The Hall–Kier alpha value is -1.11. The molecule has 0 spiro atoms. The monoisotopic (exact) mass is 360 g/mol. The van der Waals surface area contributed by atoms with Crippen LogP contribution in [0.1, 0.15) is 40.5 Å². The van der Waals surface area contributed by atoms with Gasteiger partial charge in [0.2, 0.25) is 0 Å². The van der Waals surface area contributed by atoms with Crippen LogP contribution >= 0.6 is 8.25 Å². The molecule has 0 bridgehead atoms. The normalized spacial score (nSPS) is 25.5. The molecular formula is C16H33N4O3P. The van der Waals surface area contributed by atoms with E-state index in [0.717, 1.165) is 22.1 Å². The van der Waals surface area contributed by atoms with Crippen LogP contribution in [0.5, 0.6) is 0 Å². The average Bonchev–Trinajstić information content (AvgIpc) is 3.18. The highest BCUT2D eigenvalue weighted by Gasteiger charge is 2.15. The van der Waals surface area contributed by atoms with E-state index in [9.17, 15) is 0 Å². The van der Waals surface area contributed by atoms with E-state index in [1.165, 1.54) is 12.8 Å². The van der Waals surface area contributed by atoms with E-state index in [2.05, 4.69) is 64.2 Å². The predicted octanol–water partition coefficient (Wildman–Crippen LogP) is 1.84. The second-order valence-corrected chi connectivity index (χ2v) is 6.20. The summed E-state index contributed by atoms with van der Waals surface area (Å²) in [5.74, 6) is 0. The van der Waals surface area contributed by atoms with Gasteiger partial charge in [-0.25, -0.2) is 9.98 Å². The molecule has 8 heteroatoms. The van der Waals surface area contributed by atoms with Crippen LogP contribution in [0.15, 0.2) is 34.8 Å². The second kappa shape index (κ2) is 14.3. The molecule has 2 atom stereocenters. The first-order valence-electron chi connectivity index (χ1n) is 8.20. The zero-order chi connectivity index (χ0) is 19.1. The van der Waals surface area contributed by atoms with Crippen LogP contribution in [0.3, 0.4) is 0 Å². The van der Waals surface area contributed by atoms with E-state index in [-0.39, 0.29) is 0 Å². The fourth-order valence-electron chi connectivity index (χ4n) is 1.21. The number of hydrogen-bond acceptors (Lipinski definition) is 5. The van der Waals surface area contributed by atoms with Crippen LogP contribution in [0.4, 0.5) is 0 Å². The summed E-state index contributed by atoms with van der Waals surface area (Å²) in [6.07, 6.45) is 14.3. The third-order valence-corrected chi connectivity index (χ3v) is 3.51. The Bertz CT molecular complexity index is 398. The summed E-state index contributed by atoms with van der Waals surface area (Å²) in [5, 5.41) is 0. The molecule has 2 unspecified atom stereocenters. The molecule has 2 heterocycles. The maximum Gasteiger partial charge on any atom is 0.194 e. The summed E-state index contributed by atoms with van der Waals surface area (Å²) in [7, 11) is 0.606. The number of nitrogens with zero attached hydrogens (tertiary/aromatic N) is 4. The highest BCUT2D eigenvalue weighted by molar-refractivity contribution is 7.27. The van der Waals surface area contributed by atoms with E-state index in [1.54, 1.807) is 0 Å². The van der Waals surface area contributed by atoms with Crippen molar-refractivity contribution in [1.82, 2.24) is 0 Å². The minimum atomic E-state index is -3.63. The van der Waals surface area contributed by atoms with Crippen molar-refractivity contribution in [3.8, 4) is 0 Å². The van der Waals surface area contributed by atoms with Crippen molar-refractivity contribution in [1.29, 1.82) is 0 Å². The summed E-state index contributed by atoms with van der Waals surface area (Å²) < 4.78 is 10.2. The van der Waals surface area contributed by atoms with Gasteiger partial charge in [0.1, 0.15) is 12.4 Å². The minimum absolute atomic E-state index is 0.847. The Balaban J connectivity index is 0. The highest BCUT2D eigenvalue weighted by atomic mass is 31.1. The molecule has 0 saturated carbocycles. The lowest BCUT2D eigenvalue weighted by Gasteiger charge is -2.18. The predicted molar refractivity (Wildman–Crippen MR) is 98.3 cm³/mol. The van der Waals surface area contributed by atoms with Gasteiger partial charge in [-0.15, -0.1) is 0 Å². The average molecular weight is 360 g/mol. The molecule has 24 heavy (non-hydrogen) atoms. The van der Waals surface area contributed by atoms with Gasteiger partial charge in [0, 0.05) is 0 Å². The summed E-state index contributed by atoms with van der Waals surface area (Å²) in [4.78, 5) is 25.0. The van der Waals surface area contributed by atoms with Crippen molar-refractivity contribution < 1.29 is 23.3 Å². The fourth-order valence-corrected chi connectivity index (χ4v) is 1.21. The number of aliphatic imine (C=N–C) groups is 2. The minimum Gasteiger partial charge on any atom is -0.813 e. The molecule has 2 rings (SSSR count). The molecule has 0 N–H and O–H groups in total. The smallest absolute Gasteiger partial charge is 0.194 e. The first-order valence-corrected chi connectivity index (χ1v) is 9.42. The van der Waals surface area contributed by atoms with Crippen LogP contribution in [-0.4, -0.2) is 48.8 Å². The molecule has 2 aliphatic heterocycles. The largest absolute Gasteiger partial charge is 0.813 e. The molecule has 0 aromatic heterocycles. The van der Waals surface area contributed by atoms with Crippen LogP contribution in [0.2, 0.25) is 0 Å². The Kier molecular flexibility index (Phi) is 14.9. The van der Waals surface area contributed by atoms with Crippen LogP contribution in [0, 0.1) is 0 Å². The molecule has 0 aromatic rings. The van der Waals surface area contributed by atoms with Gasteiger partial charge in [-0.1, -0.05) is 34.9 Å². The molecule has 7 nitrogen and oxygen atoms in total. The number of hydrogen-bond donors (Lipinski definition) is 0. The Morgan fingerprint density at radius 2 is 1.12 bits per heavy atom. The third-order valence-electron chi connectivity index (χ3n) is 3.51. The first-order chi connectivity index (χ1) is 11.2. The molecule has 0 radical (unpaired) electrons. The van der Waals surface area contributed by atoms with Gasteiger partial charge >= 0.3 is 0 Å². The summed E-state index contributed by atoms with van der Waals surface area (Å²) in [6.45, 7) is 10.8. The zero-order valence-electron chi connectivity index (χ0n) is 15.8. The topological polar surface area (TPSA) is 87.9 Å². The van der Waals surface area contributed by atoms with Crippen LogP contribution in [-0.2, 0) is 4.57 Å². The van der Waals surface area contributed by atoms with Crippen molar-refractivity contribution in [3.63, 3.8) is 0 Å². The standard InChI is InChI=1S/2C6H11N2.C4H10.H3O3P/c2*1-3-8(2)5-4-7-6-8;1-3-4-2;1-4(2)3/h2*4-6H,3H2,1-2H3;3-4H2,1-2H3;4H,(H2,1,2,3)/q2*+1;;/p-2. The number of unbranched alkanes of at least 4 members (excludes halogenated alkanes) is 1. The molecule has 0 fully saturated rings. The van der Waals surface area contributed by atoms with E-state index in [0.29, 0.717) is 0 Å². The number of quaternary nitrogens is 2. The van der Waals surface area contributed by atoms with Gasteiger partial charge in [0.15, 0.2) is 12.7 Å². The van der Waals surface area contributed by atoms with Crippen molar-refractivity contribution >= 4 is 20.9 Å². The van der Waals surface area contributed by atoms with E-state index >= 15 is 0 Å². The van der Waals surface area contributed by atoms with Gasteiger partial charge in [-0.05, 0) is 13.8 Å². The highest BCUT2D eigenvalue weighted by Crippen LogP contribution is 2.04. The molecule has 140 valence electrons. The van der Waals surface area contributed by atoms with Gasteiger partial charge < -0.3 is 14.4 Å². The second-order valence-electron chi connectivity index (χ2n) is 5.70. The van der Waals surface area contributed by atoms with E-state index < -0.39 is 8.25 Å². The van der Waals surface area contributed by atoms with Gasteiger partial charge in [0.25, 0.3) is 0 Å². The van der Waals surface area contributed by atoms with Gasteiger partial charge in [-0.3, -0.25) is 8.97 Å². The van der Waals surface area contributed by atoms with Crippen molar-refractivity contribution in [3.05, 3.63) is 24.8 Å². The Morgan fingerprint density at radius 3 is 1.21 bits per heavy atom. The lowest BCUT2D eigenvalue weighted by Crippen LogP contribution is -2.33. The fraction of sp³-hybridized carbons (Fsp3) is 0.625. The van der Waals surface area contributed by atoms with Crippen molar-refractivity contribution in [2.24, 2.45) is 9.98 Å². The summed E-state index contributed by atoms with van der Waals surface area (Å²) in [5.41, 5.74) is 0. The maximum atomic E-state index is 8.52. The maximum absolute atomic E-state index is 8.52. The molecular weight excluding hydrogens is 327 g/mol. The zero-order valence-corrected chi connectivity index (χ0v) is 16.8. The third kappa shape index (κ3) is 14.5. The Morgan fingerprint density at radius 1 is 0.833 bits per heavy atom. The van der Waals surface area contributed by atoms with Crippen LogP contribution < -0.4 is 9.79 Å². The van der Waals surface area contributed by atoms with Crippen LogP contribution in [0.25, 0.3) is 0 Å². The SMILES string of the molecule is CCCC.CC[N+]1(C)C=CN=C1.CC[N+]1(C)C=CN=C1.O=[PH]([O-])[O-].